The van der Waals surface area contributed by atoms with Gasteiger partial charge in [-0.2, -0.15) is 10.4 Å². The third-order valence-corrected chi connectivity index (χ3v) is 5.69. The third-order valence-electron chi connectivity index (χ3n) is 5.69. The van der Waals surface area contributed by atoms with E-state index in [1.807, 2.05) is 6.07 Å². The molecular formula is C29H25FN4O3. The minimum atomic E-state index is -0.910. The summed E-state index contributed by atoms with van der Waals surface area (Å²) < 4.78 is 20.8. The number of aromatic nitrogens is 2. The number of nitriles is 1. The normalized spacial score (nSPS) is 11.4. The highest BCUT2D eigenvalue weighted by atomic mass is 19.1. The number of hydrogen-bond acceptors (Lipinski definition) is 5. The first kappa shape index (κ1) is 25.3. The second-order valence-corrected chi connectivity index (χ2v) is 8.27. The van der Waals surface area contributed by atoms with Gasteiger partial charge in [0.15, 0.2) is 6.04 Å². The number of hydrogen-bond donors (Lipinski definition) is 1. The predicted octanol–water partition coefficient (Wildman–Crippen LogP) is 4.90. The minimum Gasteiger partial charge on any atom is -0.464 e. The summed E-state index contributed by atoms with van der Waals surface area (Å²) in [6.07, 6.45) is 0.372. The molecule has 1 amide bonds. The maximum Gasteiger partial charge on any atom is 0.333 e. The van der Waals surface area contributed by atoms with Gasteiger partial charge in [0.2, 0.25) is 5.91 Å². The van der Waals surface area contributed by atoms with Crippen molar-refractivity contribution in [3.63, 3.8) is 0 Å². The quantitative estimate of drug-likeness (QED) is 0.332. The van der Waals surface area contributed by atoms with E-state index >= 15 is 0 Å². The van der Waals surface area contributed by atoms with E-state index in [4.69, 9.17) is 10.00 Å². The lowest BCUT2D eigenvalue weighted by Gasteiger charge is -2.17. The number of nitrogens with one attached hydrogen (secondary N) is 1. The van der Waals surface area contributed by atoms with Crippen LogP contribution >= 0.6 is 0 Å². The number of esters is 1. The van der Waals surface area contributed by atoms with E-state index in [0.29, 0.717) is 40.2 Å². The fourth-order valence-corrected chi connectivity index (χ4v) is 3.90. The lowest BCUT2D eigenvalue weighted by Crippen LogP contribution is -2.35. The Kier molecular flexibility index (Phi) is 8.06. The van der Waals surface area contributed by atoms with E-state index in [0.717, 1.165) is 0 Å². The maximum atomic E-state index is 14.0. The first-order valence-electron chi connectivity index (χ1n) is 11.8. The Bertz CT molecular complexity index is 1430. The van der Waals surface area contributed by atoms with Gasteiger partial charge < -0.3 is 10.1 Å². The summed E-state index contributed by atoms with van der Waals surface area (Å²) in [6.45, 7) is 1.91. The van der Waals surface area contributed by atoms with Crippen LogP contribution in [0.1, 0.15) is 36.2 Å². The molecule has 0 radical (unpaired) electrons. The van der Waals surface area contributed by atoms with Crippen molar-refractivity contribution >= 4 is 11.9 Å². The molecule has 1 N–H and O–H groups in total. The van der Waals surface area contributed by atoms with Crippen LogP contribution in [0, 0.1) is 17.1 Å². The van der Waals surface area contributed by atoms with Crippen LogP contribution < -0.4 is 5.32 Å². The molecule has 0 aliphatic heterocycles. The number of carbonyl (C=O) groups is 2. The van der Waals surface area contributed by atoms with Crippen LogP contribution in [0.25, 0.3) is 16.9 Å². The van der Waals surface area contributed by atoms with Crippen LogP contribution in [0.2, 0.25) is 0 Å². The second-order valence-electron chi connectivity index (χ2n) is 8.27. The van der Waals surface area contributed by atoms with Crippen molar-refractivity contribution in [3.05, 3.63) is 108 Å². The summed E-state index contributed by atoms with van der Waals surface area (Å²) in [4.78, 5) is 25.3. The van der Waals surface area contributed by atoms with Crippen LogP contribution in [0.5, 0.6) is 0 Å². The zero-order valence-electron chi connectivity index (χ0n) is 20.2. The van der Waals surface area contributed by atoms with Crippen LogP contribution in [0.3, 0.4) is 0 Å². The Morgan fingerprint density at radius 1 is 1.05 bits per heavy atom. The second kappa shape index (κ2) is 11.8. The molecule has 0 aliphatic rings. The number of aryl methyl sites for hydroxylation is 1. The Morgan fingerprint density at radius 2 is 1.81 bits per heavy atom. The molecule has 4 rings (SSSR count). The molecule has 1 heterocycles. The molecule has 37 heavy (non-hydrogen) atoms. The average molecular weight is 497 g/mol. The molecule has 0 aliphatic carbocycles. The van der Waals surface area contributed by atoms with Gasteiger partial charge in [-0.05, 0) is 55.0 Å². The Morgan fingerprint density at radius 3 is 2.49 bits per heavy atom. The number of rotatable bonds is 9. The molecule has 0 saturated carbocycles. The zero-order chi connectivity index (χ0) is 26.2. The van der Waals surface area contributed by atoms with Crippen LogP contribution in [0.4, 0.5) is 4.39 Å². The summed E-state index contributed by atoms with van der Waals surface area (Å²) in [6, 6.07) is 24.9. The average Bonchev–Trinajstić information content (AvgIpc) is 3.35. The molecule has 3 aromatic carbocycles. The molecule has 1 aromatic heterocycles. The van der Waals surface area contributed by atoms with Crippen molar-refractivity contribution in [2.45, 2.75) is 25.8 Å². The number of amides is 1. The van der Waals surface area contributed by atoms with Gasteiger partial charge in [-0.25, -0.2) is 13.9 Å². The van der Waals surface area contributed by atoms with Crippen LogP contribution in [0.15, 0.2) is 84.9 Å². The van der Waals surface area contributed by atoms with Crippen molar-refractivity contribution in [1.82, 2.24) is 15.1 Å². The molecule has 0 fully saturated rings. The molecule has 8 heteroatoms. The third kappa shape index (κ3) is 6.27. The molecular weight excluding hydrogens is 471 g/mol. The maximum absolute atomic E-state index is 14.0. The standard InChI is InChI=1S/C29H25FN4O3/c1-2-37-29(36)28(21-7-4-3-5-8-21)32-27(35)16-13-24-18-26(22-9-6-10-23(30)17-22)34(33-24)25-14-11-20(19-31)12-15-25/h3-12,14-15,17-18,28H,2,13,16H2,1H3,(H,32,35). The van der Waals surface area contributed by atoms with E-state index < -0.39 is 12.0 Å². The van der Waals surface area contributed by atoms with Crippen molar-refractivity contribution in [3.8, 4) is 23.0 Å². The molecule has 4 aromatic rings. The SMILES string of the molecule is CCOC(=O)C(NC(=O)CCc1cc(-c2cccc(F)c2)n(-c2ccc(C#N)cc2)n1)c1ccccc1. The minimum absolute atomic E-state index is 0.0791. The molecule has 1 atom stereocenters. The zero-order valence-corrected chi connectivity index (χ0v) is 20.2. The lowest BCUT2D eigenvalue weighted by atomic mass is 10.1. The van der Waals surface area contributed by atoms with Crippen molar-refractivity contribution in [1.29, 1.82) is 5.26 Å². The molecule has 0 bridgehead atoms. The van der Waals surface area contributed by atoms with E-state index in [9.17, 15) is 14.0 Å². The van der Waals surface area contributed by atoms with E-state index in [1.165, 1.54) is 12.1 Å². The van der Waals surface area contributed by atoms with Crippen molar-refractivity contribution in [2.75, 3.05) is 6.61 Å². The number of nitrogens with zero attached hydrogens (tertiary/aromatic N) is 3. The smallest absolute Gasteiger partial charge is 0.333 e. The number of ether oxygens (including phenoxy) is 1. The van der Waals surface area contributed by atoms with Gasteiger partial charge in [-0.15, -0.1) is 0 Å². The highest BCUT2D eigenvalue weighted by molar-refractivity contribution is 5.85. The largest absolute Gasteiger partial charge is 0.464 e. The van der Waals surface area contributed by atoms with E-state index in [1.54, 1.807) is 78.3 Å². The van der Waals surface area contributed by atoms with Gasteiger partial charge in [0.1, 0.15) is 5.82 Å². The lowest BCUT2D eigenvalue weighted by molar-refractivity contribution is -0.147. The number of carbonyl (C=O) groups excluding carboxylic acids is 2. The van der Waals surface area contributed by atoms with E-state index in [-0.39, 0.29) is 24.8 Å². The fraction of sp³-hybridized carbons (Fsp3) is 0.172. The highest BCUT2D eigenvalue weighted by Crippen LogP contribution is 2.26. The molecule has 7 nitrogen and oxygen atoms in total. The summed E-state index contributed by atoms with van der Waals surface area (Å²) in [7, 11) is 0. The number of benzene rings is 3. The van der Waals surface area contributed by atoms with Gasteiger partial charge in [0.05, 0.1) is 35.3 Å². The molecule has 0 saturated heterocycles. The Balaban J connectivity index is 1.55. The first-order chi connectivity index (χ1) is 18.0. The van der Waals surface area contributed by atoms with Gasteiger partial charge in [-0.1, -0.05) is 42.5 Å². The Hall–Kier alpha value is -4.77. The Labute approximate surface area is 214 Å². The molecule has 186 valence electrons. The van der Waals surface area contributed by atoms with E-state index in [2.05, 4.69) is 16.5 Å². The summed E-state index contributed by atoms with van der Waals surface area (Å²) in [5.74, 6) is -1.24. The van der Waals surface area contributed by atoms with Gasteiger partial charge in [0.25, 0.3) is 0 Å². The summed E-state index contributed by atoms with van der Waals surface area (Å²) in [5, 5.41) is 16.5. The van der Waals surface area contributed by atoms with Crippen molar-refractivity contribution < 1.29 is 18.7 Å². The summed E-state index contributed by atoms with van der Waals surface area (Å²) >= 11 is 0. The summed E-state index contributed by atoms with van der Waals surface area (Å²) in [5.41, 5.74) is 3.72. The van der Waals surface area contributed by atoms with Crippen LogP contribution in [-0.2, 0) is 20.7 Å². The topological polar surface area (TPSA) is 97.0 Å². The number of halogens is 1. The van der Waals surface area contributed by atoms with Gasteiger partial charge >= 0.3 is 5.97 Å². The first-order valence-corrected chi connectivity index (χ1v) is 11.8. The monoisotopic (exact) mass is 496 g/mol. The molecule has 0 spiro atoms. The fourth-order valence-electron chi connectivity index (χ4n) is 3.90. The van der Waals surface area contributed by atoms with Crippen LogP contribution in [-0.4, -0.2) is 28.3 Å². The van der Waals surface area contributed by atoms with Crippen molar-refractivity contribution in [2.24, 2.45) is 0 Å². The molecule has 1 unspecified atom stereocenters. The van der Waals surface area contributed by atoms with Gasteiger partial charge in [-0.3, -0.25) is 4.79 Å². The predicted molar refractivity (Wildman–Crippen MR) is 136 cm³/mol. The van der Waals surface area contributed by atoms with Gasteiger partial charge in [0, 0.05) is 18.4 Å². The highest BCUT2D eigenvalue weighted by Gasteiger charge is 2.24.